The van der Waals surface area contributed by atoms with E-state index in [1.807, 2.05) is 6.26 Å². The maximum absolute atomic E-state index is 5.66. The molecule has 114 valence electrons. The lowest BCUT2D eigenvalue weighted by atomic mass is 9.85. The van der Waals surface area contributed by atoms with Gasteiger partial charge in [-0.3, -0.25) is 4.90 Å². The molecule has 0 aliphatic heterocycles. The standard InChI is InChI=1S/C17H30N2O/c1-5-19(12-14-7-6-8-14)13-15-9-10-20-16(15)11-18-17(2,3)4/h9-10,14,18H,5-8,11-13H2,1-4H3. The highest BCUT2D eigenvalue weighted by atomic mass is 16.3. The van der Waals surface area contributed by atoms with E-state index in [9.17, 15) is 0 Å². The van der Waals surface area contributed by atoms with Crippen LogP contribution in [0.1, 0.15) is 58.3 Å². The van der Waals surface area contributed by atoms with Gasteiger partial charge in [0.2, 0.25) is 0 Å². The van der Waals surface area contributed by atoms with Crippen LogP contribution < -0.4 is 5.32 Å². The minimum absolute atomic E-state index is 0.125. The molecule has 2 rings (SSSR count). The summed E-state index contributed by atoms with van der Waals surface area (Å²) in [7, 11) is 0. The predicted molar refractivity (Wildman–Crippen MR) is 83.6 cm³/mol. The Bertz CT molecular complexity index is 401. The molecule has 1 N–H and O–H groups in total. The van der Waals surface area contributed by atoms with Crippen LogP contribution in [0.5, 0.6) is 0 Å². The first-order chi connectivity index (χ1) is 9.48. The highest BCUT2D eigenvalue weighted by Crippen LogP contribution is 2.27. The largest absolute Gasteiger partial charge is 0.468 e. The molecule has 0 saturated heterocycles. The summed E-state index contributed by atoms with van der Waals surface area (Å²) < 4.78 is 5.66. The number of hydrogen-bond donors (Lipinski definition) is 1. The Morgan fingerprint density at radius 3 is 2.65 bits per heavy atom. The summed E-state index contributed by atoms with van der Waals surface area (Å²) in [5.41, 5.74) is 1.46. The maximum atomic E-state index is 5.66. The lowest BCUT2D eigenvalue weighted by molar-refractivity contribution is 0.177. The Morgan fingerprint density at radius 2 is 2.10 bits per heavy atom. The Morgan fingerprint density at radius 1 is 1.35 bits per heavy atom. The number of furan rings is 1. The Kier molecular flexibility index (Phi) is 5.28. The molecule has 20 heavy (non-hydrogen) atoms. The molecule has 1 aliphatic carbocycles. The van der Waals surface area contributed by atoms with Crippen molar-refractivity contribution < 1.29 is 4.42 Å². The molecule has 0 spiro atoms. The molecular weight excluding hydrogens is 248 g/mol. The summed E-state index contributed by atoms with van der Waals surface area (Å²) in [6, 6.07) is 2.13. The van der Waals surface area contributed by atoms with E-state index >= 15 is 0 Å². The molecule has 0 bridgehead atoms. The molecule has 0 aromatic carbocycles. The van der Waals surface area contributed by atoms with Crippen molar-refractivity contribution in [1.82, 2.24) is 10.2 Å². The van der Waals surface area contributed by atoms with E-state index in [0.717, 1.165) is 31.3 Å². The number of nitrogens with zero attached hydrogens (tertiary/aromatic N) is 1. The van der Waals surface area contributed by atoms with Gasteiger partial charge < -0.3 is 9.73 Å². The van der Waals surface area contributed by atoms with Gasteiger partial charge in [-0.15, -0.1) is 0 Å². The smallest absolute Gasteiger partial charge is 0.122 e. The third-order valence-electron chi connectivity index (χ3n) is 4.20. The first-order valence-corrected chi connectivity index (χ1v) is 8.00. The van der Waals surface area contributed by atoms with Crippen LogP contribution >= 0.6 is 0 Å². The molecule has 3 heteroatoms. The van der Waals surface area contributed by atoms with Crippen molar-refractivity contribution in [2.45, 2.75) is 65.6 Å². The van der Waals surface area contributed by atoms with Crippen LogP contribution in [-0.2, 0) is 13.1 Å². The van der Waals surface area contributed by atoms with E-state index in [-0.39, 0.29) is 5.54 Å². The van der Waals surface area contributed by atoms with Gasteiger partial charge >= 0.3 is 0 Å². The van der Waals surface area contributed by atoms with Crippen LogP contribution in [0.3, 0.4) is 0 Å². The molecule has 1 aromatic rings. The minimum Gasteiger partial charge on any atom is -0.468 e. The second kappa shape index (κ2) is 6.77. The third-order valence-corrected chi connectivity index (χ3v) is 4.20. The van der Waals surface area contributed by atoms with Gasteiger partial charge in [0.25, 0.3) is 0 Å². The Hall–Kier alpha value is -0.800. The highest BCUT2D eigenvalue weighted by molar-refractivity contribution is 5.17. The normalized spacial score (nSPS) is 16.6. The van der Waals surface area contributed by atoms with E-state index in [4.69, 9.17) is 4.42 Å². The van der Waals surface area contributed by atoms with E-state index in [2.05, 4.69) is 44.0 Å². The lowest BCUT2D eigenvalue weighted by Crippen LogP contribution is -2.35. The molecule has 1 aromatic heterocycles. The topological polar surface area (TPSA) is 28.4 Å². The van der Waals surface area contributed by atoms with Gasteiger partial charge in [0.15, 0.2) is 0 Å². The maximum Gasteiger partial charge on any atom is 0.122 e. The summed E-state index contributed by atoms with van der Waals surface area (Å²) in [6.07, 6.45) is 6.08. The quantitative estimate of drug-likeness (QED) is 0.822. The van der Waals surface area contributed by atoms with Crippen LogP contribution in [0.25, 0.3) is 0 Å². The van der Waals surface area contributed by atoms with Crippen molar-refractivity contribution in [3.05, 3.63) is 23.7 Å². The van der Waals surface area contributed by atoms with Crippen LogP contribution in [0.4, 0.5) is 0 Å². The minimum atomic E-state index is 0.125. The molecule has 1 fully saturated rings. The van der Waals surface area contributed by atoms with Crippen molar-refractivity contribution in [2.24, 2.45) is 5.92 Å². The molecule has 0 radical (unpaired) electrons. The second-order valence-electron chi connectivity index (χ2n) is 7.10. The predicted octanol–water partition coefficient (Wildman–Crippen LogP) is 3.79. The zero-order valence-electron chi connectivity index (χ0n) is 13.5. The number of rotatable bonds is 7. The van der Waals surface area contributed by atoms with Crippen molar-refractivity contribution in [1.29, 1.82) is 0 Å². The molecule has 0 atom stereocenters. The van der Waals surface area contributed by atoms with E-state index in [1.165, 1.54) is 31.4 Å². The van der Waals surface area contributed by atoms with Crippen LogP contribution in [0.15, 0.2) is 16.7 Å². The highest BCUT2D eigenvalue weighted by Gasteiger charge is 2.21. The Balaban J connectivity index is 1.89. The van der Waals surface area contributed by atoms with Gasteiger partial charge in [0.05, 0.1) is 12.8 Å². The summed E-state index contributed by atoms with van der Waals surface area (Å²) in [5.74, 6) is 2.02. The van der Waals surface area contributed by atoms with Crippen molar-refractivity contribution in [3.8, 4) is 0 Å². The van der Waals surface area contributed by atoms with E-state index in [0.29, 0.717) is 0 Å². The molecular formula is C17H30N2O. The number of hydrogen-bond acceptors (Lipinski definition) is 3. The van der Waals surface area contributed by atoms with E-state index in [1.54, 1.807) is 0 Å². The summed E-state index contributed by atoms with van der Waals surface area (Å²) in [5, 5.41) is 3.51. The van der Waals surface area contributed by atoms with Gasteiger partial charge in [0, 0.05) is 24.2 Å². The SMILES string of the molecule is CCN(Cc1ccoc1CNC(C)(C)C)CC1CCC1. The van der Waals surface area contributed by atoms with Gasteiger partial charge in [-0.25, -0.2) is 0 Å². The molecule has 1 heterocycles. The summed E-state index contributed by atoms with van der Waals surface area (Å²) in [6.45, 7) is 13.0. The van der Waals surface area contributed by atoms with Crippen LogP contribution in [0.2, 0.25) is 0 Å². The molecule has 1 aliphatic rings. The molecule has 0 amide bonds. The average Bonchev–Trinajstić information content (AvgIpc) is 2.76. The average molecular weight is 278 g/mol. The summed E-state index contributed by atoms with van der Waals surface area (Å²) in [4.78, 5) is 2.55. The van der Waals surface area contributed by atoms with Crippen LogP contribution in [-0.4, -0.2) is 23.5 Å². The number of nitrogens with one attached hydrogen (secondary N) is 1. The fourth-order valence-electron chi connectivity index (χ4n) is 2.60. The zero-order valence-corrected chi connectivity index (χ0v) is 13.5. The second-order valence-corrected chi connectivity index (χ2v) is 7.10. The first kappa shape index (κ1) is 15.6. The van der Waals surface area contributed by atoms with Crippen molar-refractivity contribution in [2.75, 3.05) is 13.1 Å². The fourth-order valence-corrected chi connectivity index (χ4v) is 2.60. The summed E-state index contributed by atoms with van der Waals surface area (Å²) >= 11 is 0. The van der Waals surface area contributed by atoms with E-state index < -0.39 is 0 Å². The van der Waals surface area contributed by atoms with Gasteiger partial charge in [-0.05, 0) is 52.1 Å². The third kappa shape index (κ3) is 4.64. The van der Waals surface area contributed by atoms with Gasteiger partial charge in [0.1, 0.15) is 5.76 Å². The molecule has 1 saturated carbocycles. The van der Waals surface area contributed by atoms with Crippen molar-refractivity contribution >= 4 is 0 Å². The van der Waals surface area contributed by atoms with Crippen LogP contribution in [0, 0.1) is 5.92 Å². The molecule has 3 nitrogen and oxygen atoms in total. The van der Waals surface area contributed by atoms with Gasteiger partial charge in [-0.1, -0.05) is 13.3 Å². The van der Waals surface area contributed by atoms with Crippen molar-refractivity contribution in [3.63, 3.8) is 0 Å². The zero-order chi connectivity index (χ0) is 14.6. The Labute approximate surface area is 123 Å². The molecule has 0 unspecified atom stereocenters. The van der Waals surface area contributed by atoms with Gasteiger partial charge in [-0.2, -0.15) is 0 Å². The monoisotopic (exact) mass is 278 g/mol. The fraction of sp³-hybridized carbons (Fsp3) is 0.765. The lowest BCUT2D eigenvalue weighted by Gasteiger charge is -2.31. The first-order valence-electron chi connectivity index (χ1n) is 8.00.